The molecule has 2 aliphatic rings. The Kier molecular flexibility index (Phi) is 2.90. The number of hydrogen-bond donors (Lipinski definition) is 2. The van der Waals surface area contributed by atoms with Crippen LogP contribution in [0.25, 0.3) is 0 Å². The van der Waals surface area contributed by atoms with Gasteiger partial charge in [-0.3, -0.25) is 0 Å². The van der Waals surface area contributed by atoms with Crippen LogP contribution in [0.4, 0.5) is 5.69 Å². The van der Waals surface area contributed by atoms with Crippen LogP contribution in [0.3, 0.4) is 0 Å². The van der Waals surface area contributed by atoms with E-state index in [2.05, 4.69) is 5.32 Å². The first-order valence-electron chi connectivity index (χ1n) is 6.16. The minimum Gasteiger partial charge on any atom is -0.495 e. The molecule has 0 saturated carbocycles. The number of rotatable bonds is 2. The predicted molar refractivity (Wildman–Crippen MR) is 73.0 cm³/mol. The highest BCUT2D eigenvalue weighted by molar-refractivity contribution is 6.32. The maximum absolute atomic E-state index is 11.4. The topological polar surface area (TPSA) is 58.6 Å². The molecule has 1 aromatic carbocycles. The second-order valence-corrected chi connectivity index (χ2v) is 5.26. The van der Waals surface area contributed by atoms with Gasteiger partial charge in [0.2, 0.25) is 0 Å². The van der Waals surface area contributed by atoms with Gasteiger partial charge >= 0.3 is 5.97 Å². The van der Waals surface area contributed by atoms with Gasteiger partial charge in [-0.25, -0.2) is 4.79 Å². The van der Waals surface area contributed by atoms with Crippen LogP contribution in [-0.2, 0) is 4.79 Å². The quantitative estimate of drug-likeness (QED) is 0.817. The Morgan fingerprint density at radius 2 is 2.32 bits per heavy atom. The number of carboxylic acids is 1. The zero-order valence-electron chi connectivity index (χ0n) is 10.4. The molecule has 0 radical (unpaired) electrons. The summed E-state index contributed by atoms with van der Waals surface area (Å²) in [7, 11) is 1.57. The summed E-state index contributed by atoms with van der Waals surface area (Å²) in [6.07, 6.45) is 4.82. The normalized spacial score (nSPS) is 27.4. The number of aliphatic carboxylic acids is 1. The van der Waals surface area contributed by atoms with E-state index >= 15 is 0 Å². The summed E-state index contributed by atoms with van der Waals surface area (Å²) >= 11 is 6.29. The first-order chi connectivity index (χ1) is 9.13. The van der Waals surface area contributed by atoms with Crippen LogP contribution in [0, 0.1) is 5.92 Å². The van der Waals surface area contributed by atoms with Crippen molar-refractivity contribution in [1.29, 1.82) is 0 Å². The van der Waals surface area contributed by atoms with Gasteiger partial charge in [-0.1, -0.05) is 23.8 Å². The minimum absolute atomic E-state index is 0.00889. The second kappa shape index (κ2) is 4.46. The Morgan fingerprint density at radius 3 is 3.00 bits per heavy atom. The number of anilines is 1. The summed E-state index contributed by atoms with van der Waals surface area (Å²) < 4.78 is 5.31. The predicted octanol–water partition coefficient (Wildman–Crippen LogP) is 2.89. The number of nitrogens with one attached hydrogen (secondary N) is 1. The molecule has 3 atom stereocenters. The van der Waals surface area contributed by atoms with E-state index in [1.54, 1.807) is 19.2 Å². The van der Waals surface area contributed by atoms with E-state index in [9.17, 15) is 9.90 Å². The maximum Gasteiger partial charge on any atom is 0.326 e. The number of methoxy groups -OCH3 is 1. The molecule has 0 bridgehead atoms. The monoisotopic (exact) mass is 279 g/mol. The number of carboxylic acid groups (broad SMARTS) is 1. The summed E-state index contributed by atoms with van der Waals surface area (Å²) in [5.74, 6) is -0.162. The number of halogens is 1. The van der Waals surface area contributed by atoms with Gasteiger partial charge in [0.1, 0.15) is 11.8 Å². The average Bonchev–Trinajstić information content (AvgIpc) is 2.86. The molecule has 0 aromatic heterocycles. The highest BCUT2D eigenvalue weighted by atomic mass is 35.5. The summed E-state index contributed by atoms with van der Waals surface area (Å²) in [6, 6.07) is 2.94. The van der Waals surface area contributed by atoms with Crippen LogP contribution in [0.1, 0.15) is 17.9 Å². The molecule has 4 nitrogen and oxygen atoms in total. The third-order valence-electron chi connectivity index (χ3n) is 3.91. The lowest BCUT2D eigenvalue weighted by Gasteiger charge is -2.35. The fraction of sp³-hybridized carbons (Fsp3) is 0.357. The molecule has 0 spiro atoms. The molecule has 0 unspecified atom stereocenters. The summed E-state index contributed by atoms with van der Waals surface area (Å²) in [4.78, 5) is 11.4. The molecule has 1 aromatic rings. The lowest BCUT2D eigenvalue weighted by atomic mass is 9.79. The zero-order chi connectivity index (χ0) is 13.6. The van der Waals surface area contributed by atoms with E-state index in [0.717, 1.165) is 12.0 Å². The van der Waals surface area contributed by atoms with Crippen LogP contribution in [0.5, 0.6) is 5.75 Å². The van der Waals surface area contributed by atoms with E-state index in [4.69, 9.17) is 16.3 Å². The van der Waals surface area contributed by atoms with E-state index in [1.165, 1.54) is 0 Å². The van der Waals surface area contributed by atoms with Crippen molar-refractivity contribution < 1.29 is 14.6 Å². The van der Waals surface area contributed by atoms with Gasteiger partial charge in [0.25, 0.3) is 0 Å². The van der Waals surface area contributed by atoms with Gasteiger partial charge < -0.3 is 15.2 Å². The molecule has 3 rings (SSSR count). The Morgan fingerprint density at radius 1 is 1.53 bits per heavy atom. The van der Waals surface area contributed by atoms with Crippen molar-refractivity contribution in [3.63, 3.8) is 0 Å². The molecule has 0 fully saturated rings. The van der Waals surface area contributed by atoms with Crippen molar-refractivity contribution in [3.05, 3.63) is 34.9 Å². The molecule has 0 amide bonds. The molecule has 100 valence electrons. The lowest BCUT2D eigenvalue weighted by Crippen LogP contribution is -2.42. The van der Waals surface area contributed by atoms with E-state index in [1.807, 2.05) is 12.2 Å². The van der Waals surface area contributed by atoms with Crippen molar-refractivity contribution in [3.8, 4) is 5.75 Å². The van der Waals surface area contributed by atoms with E-state index in [-0.39, 0.29) is 11.8 Å². The molecule has 0 saturated heterocycles. The number of allylic oxidation sites excluding steroid dienone is 2. The molecule has 1 aliphatic heterocycles. The van der Waals surface area contributed by atoms with Crippen LogP contribution >= 0.6 is 11.6 Å². The molecular weight excluding hydrogens is 266 g/mol. The number of carbonyl (C=O) groups is 1. The zero-order valence-corrected chi connectivity index (χ0v) is 11.1. The van der Waals surface area contributed by atoms with Crippen molar-refractivity contribution in [2.45, 2.75) is 18.4 Å². The first kappa shape index (κ1) is 12.4. The Hall–Kier alpha value is -1.68. The van der Waals surface area contributed by atoms with E-state index in [0.29, 0.717) is 16.5 Å². The molecule has 1 aliphatic carbocycles. The molecular formula is C14H14ClNO3. The van der Waals surface area contributed by atoms with Gasteiger partial charge in [0.15, 0.2) is 0 Å². The Bertz CT molecular complexity index is 570. The lowest BCUT2D eigenvalue weighted by molar-refractivity contribution is -0.139. The van der Waals surface area contributed by atoms with Crippen LogP contribution < -0.4 is 10.1 Å². The van der Waals surface area contributed by atoms with Gasteiger partial charge in [0.05, 0.1) is 12.8 Å². The van der Waals surface area contributed by atoms with Gasteiger partial charge in [-0.2, -0.15) is 0 Å². The highest BCUT2D eigenvalue weighted by Crippen LogP contribution is 2.50. The van der Waals surface area contributed by atoms with Crippen molar-refractivity contribution in [1.82, 2.24) is 0 Å². The van der Waals surface area contributed by atoms with E-state index < -0.39 is 12.0 Å². The van der Waals surface area contributed by atoms with Gasteiger partial charge in [-0.15, -0.1) is 0 Å². The third-order valence-corrected chi connectivity index (χ3v) is 4.24. The average molecular weight is 280 g/mol. The summed E-state index contributed by atoms with van der Waals surface area (Å²) in [6.45, 7) is 0. The minimum atomic E-state index is -0.841. The van der Waals surface area contributed by atoms with Crippen molar-refractivity contribution >= 4 is 23.3 Å². The van der Waals surface area contributed by atoms with Crippen LogP contribution in [-0.4, -0.2) is 24.2 Å². The number of hydrogen-bond acceptors (Lipinski definition) is 3. The van der Waals surface area contributed by atoms with Gasteiger partial charge in [0, 0.05) is 22.4 Å². The number of fused-ring (bicyclic) bond motifs is 3. The number of benzene rings is 1. The molecule has 1 heterocycles. The standard InChI is InChI=1S/C14H14ClNO3/c1-19-10-6-5-9(15)11-7-3-2-4-8(7)12(14(17)18)16-13(10)11/h2-3,5-8,12,16H,4H2,1H3,(H,17,18)/t7-,8-,12-/m0/s1. The molecule has 5 heteroatoms. The number of ether oxygens (including phenoxy) is 1. The largest absolute Gasteiger partial charge is 0.495 e. The highest BCUT2D eigenvalue weighted by Gasteiger charge is 2.42. The fourth-order valence-electron chi connectivity index (χ4n) is 3.05. The Labute approximate surface area is 116 Å². The summed E-state index contributed by atoms with van der Waals surface area (Å²) in [5.41, 5.74) is 1.65. The fourth-order valence-corrected chi connectivity index (χ4v) is 3.34. The van der Waals surface area contributed by atoms with Crippen LogP contribution in [0.15, 0.2) is 24.3 Å². The molecule has 19 heavy (non-hydrogen) atoms. The molecule has 2 N–H and O–H groups in total. The Balaban J connectivity index is 2.17. The first-order valence-corrected chi connectivity index (χ1v) is 6.53. The second-order valence-electron chi connectivity index (χ2n) is 4.85. The summed E-state index contributed by atoms with van der Waals surface area (Å²) in [5, 5.41) is 13.1. The van der Waals surface area contributed by atoms with Crippen LogP contribution in [0.2, 0.25) is 5.02 Å². The third kappa shape index (κ3) is 1.78. The van der Waals surface area contributed by atoms with Gasteiger partial charge in [-0.05, 0) is 18.6 Å². The maximum atomic E-state index is 11.4. The smallest absolute Gasteiger partial charge is 0.326 e. The van der Waals surface area contributed by atoms with Crippen molar-refractivity contribution in [2.75, 3.05) is 12.4 Å². The SMILES string of the molecule is COc1ccc(Cl)c2c1N[C@H](C(=O)O)[C@H]1CC=C[C@H]21. The van der Waals surface area contributed by atoms with Crippen molar-refractivity contribution in [2.24, 2.45) is 5.92 Å².